The predicted molar refractivity (Wildman–Crippen MR) is 70.7 cm³/mol. The molecular formula is C13H16N4O2. The van der Waals surface area contributed by atoms with Crippen molar-refractivity contribution >= 4 is 11.8 Å². The van der Waals surface area contributed by atoms with Gasteiger partial charge in [0.2, 0.25) is 5.69 Å². The first kappa shape index (κ1) is 13.1. The van der Waals surface area contributed by atoms with E-state index in [-0.39, 0.29) is 18.1 Å². The monoisotopic (exact) mass is 260 g/mol. The molecule has 6 heteroatoms. The van der Waals surface area contributed by atoms with E-state index in [1.54, 1.807) is 6.92 Å². The van der Waals surface area contributed by atoms with Gasteiger partial charge in [-0.15, -0.1) is 5.10 Å². The molecule has 2 N–H and O–H groups in total. The number of anilines is 1. The van der Waals surface area contributed by atoms with Gasteiger partial charge >= 0.3 is 5.97 Å². The molecule has 0 bridgehead atoms. The number of esters is 1. The second-order valence-electron chi connectivity index (χ2n) is 4.19. The zero-order valence-electron chi connectivity index (χ0n) is 11.0. The summed E-state index contributed by atoms with van der Waals surface area (Å²) in [5.74, 6) is -0.325. The van der Waals surface area contributed by atoms with Crippen LogP contribution in [0.2, 0.25) is 0 Å². The number of nitrogen functional groups attached to an aromatic ring is 1. The quantitative estimate of drug-likeness (QED) is 0.840. The number of rotatable bonds is 4. The number of benzene rings is 1. The number of aryl methyl sites for hydroxylation is 1. The molecule has 0 saturated carbocycles. The summed E-state index contributed by atoms with van der Waals surface area (Å²) in [6.07, 6.45) is 0. The molecule has 0 aliphatic carbocycles. The Labute approximate surface area is 111 Å². The molecule has 0 atom stereocenters. The van der Waals surface area contributed by atoms with E-state index in [1.807, 2.05) is 31.2 Å². The van der Waals surface area contributed by atoms with E-state index in [2.05, 4.69) is 10.3 Å². The van der Waals surface area contributed by atoms with Crippen LogP contribution in [0.3, 0.4) is 0 Å². The molecule has 0 aliphatic heterocycles. The first-order chi connectivity index (χ1) is 9.11. The molecule has 6 nitrogen and oxygen atoms in total. The Kier molecular flexibility index (Phi) is 3.79. The number of carbonyl (C=O) groups excluding carboxylic acids is 1. The summed E-state index contributed by atoms with van der Waals surface area (Å²) in [6, 6.07) is 7.99. The maximum atomic E-state index is 11.6. The lowest BCUT2D eigenvalue weighted by atomic mass is 10.1. The van der Waals surface area contributed by atoms with Crippen molar-refractivity contribution in [2.24, 2.45) is 0 Å². The second kappa shape index (κ2) is 5.51. The van der Waals surface area contributed by atoms with Crippen LogP contribution in [-0.2, 0) is 11.3 Å². The number of aromatic nitrogens is 3. The number of ether oxygens (including phenoxy) is 1. The predicted octanol–water partition coefficient (Wildman–Crippen LogP) is 1.39. The molecule has 0 radical (unpaired) electrons. The Hall–Kier alpha value is -2.37. The molecule has 0 aliphatic rings. The van der Waals surface area contributed by atoms with E-state index in [1.165, 1.54) is 10.2 Å². The zero-order valence-corrected chi connectivity index (χ0v) is 11.0. The van der Waals surface area contributed by atoms with Crippen LogP contribution in [0.4, 0.5) is 5.82 Å². The van der Waals surface area contributed by atoms with Gasteiger partial charge in [0.1, 0.15) is 0 Å². The molecule has 0 amide bonds. The van der Waals surface area contributed by atoms with Gasteiger partial charge < -0.3 is 10.5 Å². The van der Waals surface area contributed by atoms with Gasteiger partial charge in [0.15, 0.2) is 5.82 Å². The van der Waals surface area contributed by atoms with Crippen molar-refractivity contribution in [3.8, 4) is 0 Å². The molecule has 100 valence electrons. The summed E-state index contributed by atoms with van der Waals surface area (Å²) in [7, 11) is 0. The largest absolute Gasteiger partial charge is 0.461 e. The van der Waals surface area contributed by atoms with Gasteiger partial charge in [-0.25, -0.2) is 9.48 Å². The smallest absolute Gasteiger partial charge is 0.362 e. The molecule has 0 saturated heterocycles. The highest BCUT2D eigenvalue weighted by Crippen LogP contribution is 2.12. The summed E-state index contributed by atoms with van der Waals surface area (Å²) in [5.41, 5.74) is 8.14. The van der Waals surface area contributed by atoms with Crippen molar-refractivity contribution in [2.75, 3.05) is 12.3 Å². The Bertz CT molecular complexity index is 575. The van der Waals surface area contributed by atoms with E-state index in [9.17, 15) is 4.79 Å². The highest BCUT2D eigenvalue weighted by atomic mass is 16.5. The van der Waals surface area contributed by atoms with E-state index in [4.69, 9.17) is 10.5 Å². The summed E-state index contributed by atoms with van der Waals surface area (Å²) in [4.78, 5) is 11.6. The Morgan fingerprint density at radius 2 is 2.05 bits per heavy atom. The van der Waals surface area contributed by atoms with Crippen LogP contribution >= 0.6 is 0 Å². The molecular weight excluding hydrogens is 244 g/mol. The van der Waals surface area contributed by atoms with Gasteiger partial charge in [0, 0.05) is 0 Å². The number of carbonyl (C=O) groups is 1. The fraction of sp³-hybridized carbons (Fsp3) is 0.308. The Morgan fingerprint density at radius 1 is 1.37 bits per heavy atom. The third kappa shape index (κ3) is 2.90. The van der Waals surface area contributed by atoms with Crippen LogP contribution in [0, 0.1) is 6.92 Å². The first-order valence-electron chi connectivity index (χ1n) is 6.03. The fourth-order valence-electron chi connectivity index (χ4n) is 1.65. The fourth-order valence-corrected chi connectivity index (χ4v) is 1.65. The van der Waals surface area contributed by atoms with E-state index in [0.29, 0.717) is 6.54 Å². The lowest BCUT2D eigenvalue weighted by molar-refractivity contribution is 0.0520. The third-order valence-electron chi connectivity index (χ3n) is 2.70. The lowest BCUT2D eigenvalue weighted by Gasteiger charge is -2.04. The highest BCUT2D eigenvalue weighted by Gasteiger charge is 2.18. The van der Waals surface area contributed by atoms with E-state index in [0.717, 1.165) is 5.56 Å². The van der Waals surface area contributed by atoms with Crippen LogP contribution in [0.25, 0.3) is 0 Å². The molecule has 0 spiro atoms. The maximum Gasteiger partial charge on any atom is 0.362 e. The molecule has 0 fully saturated rings. The van der Waals surface area contributed by atoms with Gasteiger partial charge in [-0.3, -0.25) is 0 Å². The minimum absolute atomic E-state index is 0.0639. The van der Waals surface area contributed by atoms with Gasteiger partial charge in [-0.05, 0) is 19.4 Å². The molecule has 19 heavy (non-hydrogen) atoms. The first-order valence-corrected chi connectivity index (χ1v) is 6.03. The van der Waals surface area contributed by atoms with Crippen LogP contribution < -0.4 is 5.73 Å². The zero-order chi connectivity index (χ0) is 13.8. The third-order valence-corrected chi connectivity index (χ3v) is 2.70. The maximum absolute atomic E-state index is 11.6. The summed E-state index contributed by atoms with van der Waals surface area (Å²) in [5, 5.41) is 7.64. The van der Waals surface area contributed by atoms with Crippen molar-refractivity contribution in [3.05, 3.63) is 41.1 Å². The van der Waals surface area contributed by atoms with Crippen LogP contribution in [0.5, 0.6) is 0 Å². The van der Waals surface area contributed by atoms with Crippen molar-refractivity contribution < 1.29 is 9.53 Å². The number of hydrogen-bond donors (Lipinski definition) is 1. The molecule has 1 heterocycles. The number of hydrogen-bond acceptors (Lipinski definition) is 5. The van der Waals surface area contributed by atoms with Crippen LogP contribution in [0.15, 0.2) is 24.3 Å². The SMILES string of the molecule is CCOC(=O)c1nnn(Cc2ccc(C)cc2)c1N. The Morgan fingerprint density at radius 3 is 2.68 bits per heavy atom. The van der Waals surface area contributed by atoms with Crippen LogP contribution in [-0.4, -0.2) is 27.6 Å². The average Bonchev–Trinajstić information content (AvgIpc) is 2.74. The number of nitrogens with two attached hydrogens (primary N) is 1. The van der Waals surface area contributed by atoms with Crippen molar-refractivity contribution in [1.29, 1.82) is 0 Å². The molecule has 2 rings (SSSR count). The summed E-state index contributed by atoms with van der Waals surface area (Å²) in [6.45, 7) is 4.50. The van der Waals surface area contributed by atoms with Crippen LogP contribution in [0.1, 0.15) is 28.5 Å². The average molecular weight is 260 g/mol. The van der Waals surface area contributed by atoms with Gasteiger partial charge in [0.05, 0.1) is 13.2 Å². The minimum Gasteiger partial charge on any atom is -0.461 e. The molecule has 0 unspecified atom stereocenters. The molecule has 1 aromatic carbocycles. The standard InChI is InChI=1S/C13H16N4O2/c1-3-19-13(18)11-12(14)17(16-15-11)8-10-6-4-9(2)5-7-10/h4-7H,3,8,14H2,1-2H3. The van der Waals surface area contributed by atoms with Gasteiger partial charge in [0.25, 0.3) is 0 Å². The normalized spacial score (nSPS) is 10.4. The number of nitrogens with zero attached hydrogens (tertiary/aromatic N) is 3. The molecule has 1 aromatic heterocycles. The van der Waals surface area contributed by atoms with E-state index >= 15 is 0 Å². The topological polar surface area (TPSA) is 83.0 Å². The Balaban J connectivity index is 2.18. The summed E-state index contributed by atoms with van der Waals surface area (Å²) >= 11 is 0. The summed E-state index contributed by atoms with van der Waals surface area (Å²) < 4.78 is 6.34. The van der Waals surface area contributed by atoms with Crippen molar-refractivity contribution in [1.82, 2.24) is 15.0 Å². The van der Waals surface area contributed by atoms with Gasteiger partial charge in [-0.2, -0.15) is 0 Å². The highest BCUT2D eigenvalue weighted by molar-refractivity contribution is 5.91. The lowest BCUT2D eigenvalue weighted by Crippen LogP contribution is -2.10. The van der Waals surface area contributed by atoms with Gasteiger partial charge in [-0.1, -0.05) is 35.0 Å². The van der Waals surface area contributed by atoms with Crippen molar-refractivity contribution in [2.45, 2.75) is 20.4 Å². The second-order valence-corrected chi connectivity index (χ2v) is 4.19. The van der Waals surface area contributed by atoms with E-state index < -0.39 is 5.97 Å². The molecule has 2 aromatic rings. The minimum atomic E-state index is -0.546. The van der Waals surface area contributed by atoms with Crippen molar-refractivity contribution in [3.63, 3.8) is 0 Å².